The number of nitrogens with one attached hydrogen (secondary N) is 1. The number of rotatable bonds is 3. The first-order chi connectivity index (χ1) is 14.6. The molecule has 2 aromatic carbocycles. The number of hydrogen-bond donors (Lipinski definition) is 1. The Morgan fingerprint density at radius 3 is 2.67 bits per heavy atom. The predicted octanol–water partition coefficient (Wildman–Crippen LogP) is 4.91. The van der Waals surface area contributed by atoms with E-state index in [0.717, 1.165) is 25.7 Å². The van der Waals surface area contributed by atoms with Gasteiger partial charge in [0.05, 0.1) is 11.1 Å². The van der Waals surface area contributed by atoms with Crippen LogP contribution in [-0.2, 0) is 6.54 Å². The minimum absolute atomic E-state index is 0.0949. The summed E-state index contributed by atoms with van der Waals surface area (Å²) in [6.45, 7) is 0.391. The van der Waals surface area contributed by atoms with Crippen molar-refractivity contribution in [2.75, 3.05) is 5.32 Å². The lowest BCUT2D eigenvalue weighted by atomic mass is 9.94. The molecule has 1 aliphatic heterocycles. The van der Waals surface area contributed by atoms with Gasteiger partial charge >= 0.3 is 0 Å². The first-order valence-corrected chi connectivity index (χ1v) is 10.4. The zero-order valence-corrected chi connectivity index (χ0v) is 16.5. The number of aromatic nitrogens is 1. The van der Waals surface area contributed by atoms with Crippen molar-refractivity contribution in [2.24, 2.45) is 0 Å². The lowest BCUT2D eigenvalue weighted by Gasteiger charge is -2.30. The number of benzene rings is 2. The maximum atomic E-state index is 13.6. The van der Waals surface area contributed by atoms with E-state index in [1.54, 1.807) is 12.1 Å². The Morgan fingerprint density at radius 1 is 1.07 bits per heavy atom. The van der Waals surface area contributed by atoms with Crippen LogP contribution < -0.4 is 5.32 Å². The summed E-state index contributed by atoms with van der Waals surface area (Å²) < 4.78 is 13.6. The molecule has 1 fully saturated rings. The Hall–Kier alpha value is -3.28. The molecule has 0 radical (unpaired) electrons. The monoisotopic (exact) mass is 403 g/mol. The van der Waals surface area contributed by atoms with E-state index < -0.39 is 5.82 Å². The molecule has 6 heteroatoms. The van der Waals surface area contributed by atoms with Crippen LogP contribution in [0.3, 0.4) is 0 Å². The molecule has 2 aliphatic rings. The molecule has 1 aliphatic carbocycles. The summed E-state index contributed by atoms with van der Waals surface area (Å²) >= 11 is 0. The summed E-state index contributed by atoms with van der Waals surface area (Å²) in [4.78, 5) is 33.0. The van der Waals surface area contributed by atoms with Crippen LogP contribution in [0.1, 0.15) is 58.5 Å². The Morgan fingerprint density at radius 2 is 1.87 bits per heavy atom. The molecule has 0 unspecified atom stereocenters. The molecule has 0 bridgehead atoms. The lowest BCUT2D eigenvalue weighted by molar-refractivity contribution is 0.0655. The average molecular weight is 403 g/mol. The Labute approximate surface area is 173 Å². The second-order valence-corrected chi connectivity index (χ2v) is 8.02. The van der Waals surface area contributed by atoms with Gasteiger partial charge < -0.3 is 10.2 Å². The number of halogens is 1. The summed E-state index contributed by atoms with van der Waals surface area (Å²) in [5.74, 6) is -0.868. The summed E-state index contributed by atoms with van der Waals surface area (Å²) in [7, 11) is 0. The third-order valence-electron chi connectivity index (χ3n) is 6.11. The van der Waals surface area contributed by atoms with E-state index in [-0.39, 0.29) is 17.9 Å². The maximum absolute atomic E-state index is 13.6. The number of nitrogens with zero attached hydrogens (tertiary/aromatic N) is 2. The van der Waals surface area contributed by atoms with E-state index in [4.69, 9.17) is 0 Å². The van der Waals surface area contributed by atoms with Gasteiger partial charge in [0, 0.05) is 29.2 Å². The molecule has 1 N–H and O–H groups in total. The highest BCUT2D eigenvalue weighted by molar-refractivity contribution is 6.16. The van der Waals surface area contributed by atoms with Gasteiger partial charge in [-0.1, -0.05) is 43.5 Å². The van der Waals surface area contributed by atoms with Gasteiger partial charge in [0.25, 0.3) is 11.8 Å². The molecule has 0 spiro atoms. The zero-order valence-electron chi connectivity index (χ0n) is 16.5. The quantitative estimate of drug-likeness (QED) is 0.676. The number of fused-ring (bicyclic) bond motifs is 2. The highest BCUT2D eigenvalue weighted by Crippen LogP contribution is 2.35. The minimum Gasteiger partial charge on any atom is -0.330 e. The maximum Gasteiger partial charge on any atom is 0.273 e. The number of para-hydroxylation sites is 1. The van der Waals surface area contributed by atoms with Gasteiger partial charge in [-0.25, -0.2) is 9.37 Å². The van der Waals surface area contributed by atoms with E-state index in [9.17, 15) is 14.0 Å². The Kier molecular flexibility index (Phi) is 4.69. The molecule has 5 rings (SSSR count). The minimum atomic E-state index is -0.420. The summed E-state index contributed by atoms with van der Waals surface area (Å²) in [5, 5.41) is 3.49. The van der Waals surface area contributed by atoms with Gasteiger partial charge in [-0.15, -0.1) is 0 Å². The summed E-state index contributed by atoms with van der Waals surface area (Å²) in [6, 6.07) is 13.3. The number of amides is 2. The molecule has 5 nitrogen and oxygen atoms in total. The third kappa shape index (κ3) is 3.22. The van der Waals surface area contributed by atoms with E-state index >= 15 is 0 Å². The molecule has 0 atom stereocenters. The van der Waals surface area contributed by atoms with Gasteiger partial charge in [-0.05, 0) is 37.1 Å². The van der Waals surface area contributed by atoms with Crippen molar-refractivity contribution in [1.29, 1.82) is 0 Å². The molecule has 1 saturated carbocycles. The van der Waals surface area contributed by atoms with Crippen LogP contribution in [0.4, 0.5) is 10.1 Å². The number of carbonyl (C=O) groups excluding carboxylic acids is 2. The number of hydrogen-bond acceptors (Lipinski definition) is 3. The highest BCUT2D eigenvalue weighted by atomic mass is 19.1. The molecule has 30 heavy (non-hydrogen) atoms. The fourth-order valence-electron chi connectivity index (χ4n) is 4.67. The van der Waals surface area contributed by atoms with E-state index in [1.807, 2.05) is 29.2 Å². The molecule has 152 valence electrons. The molecular weight excluding hydrogens is 381 g/mol. The van der Waals surface area contributed by atoms with Crippen molar-refractivity contribution in [1.82, 2.24) is 9.88 Å². The molecule has 2 amide bonds. The second-order valence-electron chi connectivity index (χ2n) is 8.02. The Balaban J connectivity index is 1.58. The molecule has 3 aromatic rings. The Bertz CT molecular complexity index is 1150. The van der Waals surface area contributed by atoms with E-state index in [0.29, 0.717) is 40.0 Å². The third-order valence-corrected chi connectivity index (χ3v) is 6.11. The van der Waals surface area contributed by atoms with Crippen molar-refractivity contribution in [3.8, 4) is 0 Å². The number of carbonyl (C=O) groups is 2. The van der Waals surface area contributed by atoms with Crippen LogP contribution in [-0.4, -0.2) is 27.7 Å². The average Bonchev–Trinajstić information content (AvgIpc) is 3.08. The molecular formula is C24H22FN3O2. The standard InChI is InChI=1S/C24H22FN3O2/c25-15-7-6-8-16(13-15)26-23(29)21-18-11-4-5-12-20(18)27-22-19(21)14-28(24(22)30)17-9-2-1-3-10-17/h4-8,11-13,17H,1-3,9-10,14H2,(H,26,29). The van der Waals surface area contributed by atoms with Crippen LogP contribution in [0, 0.1) is 5.82 Å². The first kappa shape index (κ1) is 18.7. The largest absolute Gasteiger partial charge is 0.330 e. The molecule has 1 aromatic heterocycles. The van der Waals surface area contributed by atoms with Crippen molar-refractivity contribution >= 4 is 28.4 Å². The fraction of sp³-hybridized carbons (Fsp3) is 0.292. The van der Waals surface area contributed by atoms with Crippen molar-refractivity contribution in [3.63, 3.8) is 0 Å². The summed E-state index contributed by atoms with van der Waals surface area (Å²) in [6.07, 6.45) is 5.42. The fourth-order valence-corrected chi connectivity index (χ4v) is 4.67. The summed E-state index contributed by atoms with van der Waals surface area (Å²) in [5.41, 5.74) is 2.47. The first-order valence-electron chi connectivity index (χ1n) is 10.4. The number of pyridine rings is 1. The van der Waals surface area contributed by atoms with E-state index in [1.165, 1.54) is 18.6 Å². The topological polar surface area (TPSA) is 62.3 Å². The van der Waals surface area contributed by atoms with Crippen LogP contribution in [0.25, 0.3) is 10.9 Å². The van der Waals surface area contributed by atoms with Gasteiger partial charge in [0.15, 0.2) is 0 Å². The van der Waals surface area contributed by atoms with Crippen LogP contribution in [0.15, 0.2) is 48.5 Å². The van der Waals surface area contributed by atoms with Crippen molar-refractivity contribution in [3.05, 3.63) is 71.2 Å². The van der Waals surface area contributed by atoms with Gasteiger partial charge in [-0.3, -0.25) is 9.59 Å². The van der Waals surface area contributed by atoms with Crippen LogP contribution >= 0.6 is 0 Å². The number of anilines is 1. The van der Waals surface area contributed by atoms with Crippen LogP contribution in [0.2, 0.25) is 0 Å². The van der Waals surface area contributed by atoms with Crippen LogP contribution in [0.5, 0.6) is 0 Å². The molecule has 2 heterocycles. The van der Waals surface area contributed by atoms with Gasteiger partial charge in [0.1, 0.15) is 11.5 Å². The SMILES string of the molecule is O=C(Nc1cccc(F)c1)c1c2c(nc3ccccc13)C(=O)N(C1CCCCC1)C2. The predicted molar refractivity (Wildman–Crippen MR) is 113 cm³/mol. The second kappa shape index (κ2) is 7.52. The van der Waals surface area contributed by atoms with Crippen molar-refractivity contribution < 1.29 is 14.0 Å². The van der Waals surface area contributed by atoms with Gasteiger partial charge in [0.2, 0.25) is 0 Å². The normalized spacial score (nSPS) is 16.7. The zero-order chi connectivity index (χ0) is 20.7. The molecule has 0 saturated heterocycles. The van der Waals surface area contributed by atoms with Crippen molar-refractivity contribution in [2.45, 2.75) is 44.7 Å². The lowest BCUT2D eigenvalue weighted by Crippen LogP contribution is -2.37. The smallest absolute Gasteiger partial charge is 0.273 e. The highest BCUT2D eigenvalue weighted by Gasteiger charge is 2.38. The van der Waals surface area contributed by atoms with E-state index in [2.05, 4.69) is 10.3 Å². The van der Waals surface area contributed by atoms with Gasteiger partial charge in [-0.2, -0.15) is 0 Å².